The number of carbonyl (C=O) groups excluding carboxylic acids is 1. The van der Waals surface area contributed by atoms with Crippen molar-refractivity contribution in [3.05, 3.63) is 70.4 Å². The molecule has 1 N–H and O–H groups in total. The molecule has 0 radical (unpaired) electrons. The molecule has 31 heavy (non-hydrogen) atoms. The third kappa shape index (κ3) is 4.79. The molecule has 1 heterocycles. The van der Waals surface area contributed by atoms with Crippen molar-refractivity contribution >= 4 is 28.9 Å². The van der Waals surface area contributed by atoms with Crippen LogP contribution in [0.4, 0.5) is 0 Å². The van der Waals surface area contributed by atoms with E-state index in [1.807, 2.05) is 24.3 Å². The molecule has 0 saturated carbocycles. The van der Waals surface area contributed by atoms with Crippen molar-refractivity contribution in [3.8, 4) is 5.75 Å². The number of methoxy groups -OCH3 is 2. The number of aromatic nitrogens is 1. The Bertz CT molecular complexity index is 1160. The summed E-state index contributed by atoms with van der Waals surface area (Å²) in [4.78, 5) is 23.1. The van der Waals surface area contributed by atoms with Crippen LogP contribution in [0.1, 0.15) is 47.3 Å². The molecule has 0 atom stereocenters. The first kappa shape index (κ1) is 22.2. The van der Waals surface area contributed by atoms with Gasteiger partial charge in [-0.25, -0.2) is 9.59 Å². The SMILES string of the molecule is CCCn1cc(Cc2ccc(C(=O)OC)cc2OC)c2cc(C=C(C)C(=O)O)ccc21. The second-order valence-corrected chi connectivity index (χ2v) is 7.45. The van der Waals surface area contributed by atoms with Gasteiger partial charge in [0.2, 0.25) is 0 Å². The van der Waals surface area contributed by atoms with Gasteiger partial charge < -0.3 is 19.1 Å². The quantitative estimate of drug-likeness (QED) is 0.412. The van der Waals surface area contributed by atoms with Gasteiger partial charge in [-0.2, -0.15) is 0 Å². The summed E-state index contributed by atoms with van der Waals surface area (Å²) in [6.45, 7) is 4.61. The van der Waals surface area contributed by atoms with Crippen molar-refractivity contribution in [2.24, 2.45) is 0 Å². The van der Waals surface area contributed by atoms with Crippen LogP contribution in [-0.2, 0) is 22.5 Å². The van der Waals surface area contributed by atoms with E-state index in [1.165, 1.54) is 7.11 Å². The van der Waals surface area contributed by atoms with E-state index in [2.05, 4.69) is 17.7 Å². The van der Waals surface area contributed by atoms with Crippen molar-refractivity contribution in [1.29, 1.82) is 0 Å². The number of ether oxygens (including phenoxy) is 2. The van der Waals surface area contributed by atoms with E-state index < -0.39 is 11.9 Å². The van der Waals surface area contributed by atoms with E-state index in [9.17, 15) is 14.7 Å². The van der Waals surface area contributed by atoms with Crippen LogP contribution >= 0.6 is 0 Å². The number of rotatable bonds is 8. The Hall–Kier alpha value is -3.54. The predicted molar refractivity (Wildman–Crippen MR) is 121 cm³/mol. The van der Waals surface area contributed by atoms with E-state index in [4.69, 9.17) is 9.47 Å². The predicted octanol–water partition coefficient (Wildman–Crippen LogP) is 4.93. The number of hydrogen-bond acceptors (Lipinski definition) is 4. The Morgan fingerprint density at radius 3 is 2.52 bits per heavy atom. The Labute approximate surface area is 181 Å². The number of esters is 1. The highest BCUT2D eigenvalue weighted by atomic mass is 16.5. The molecule has 0 aliphatic heterocycles. The van der Waals surface area contributed by atoms with Crippen molar-refractivity contribution in [1.82, 2.24) is 4.57 Å². The van der Waals surface area contributed by atoms with Gasteiger partial charge in [0, 0.05) is 35.6 Å². The van der Waals surface area contributed by atoms with Crippen molar-refractivity contribution in [3.63, 3.8) is 0 Å². The summed E-state index contributed by atoms with van der Waals surface area (Å²) in [5.41, 5.74) is 4.73. The molecule has 2 aromatic carbocycles. The minimum atomic E-state index is -0.931. The largest absolute Gasteiger partial charge is 0.496 e. The van der Waals surface area contributed by atoms with Gasteiger partial charge >= 0.3 is 11.9 Å². The zero-order valence-corrected chi connectivity index (χ0v) is 18.3. The highest BCUT2D eigenvalue weighted by molar-refractivity contribution is 5.93. The molecule has 3 aromatic rings. The number of fused-ring (bicyclic) bond motifs is 1. The standard InChI is InChI=1S/C25H27NO5/c1-5-10-26-15-20(13-18-7-8-19(25(29)31-4)14-23(18)30-3)21-12-17(6-9-22(21)26)11-16(2)24(27)28/h6-9,11-12,14-15H,5,10,13H2,1-4H3,(H,27,28). The van der Waals surface area contributed by atoms with Crippen LogP contribution in [0.2, 0.25) is 0 Å². The van der Waals surface area contributed by atoms with Crippen LogP contribution in [0.25, 0.3) is 17.0 Å². The number of benzene rings is 2. The second kappa shape index (κ2) is 9.51. The number of carboxylic acid groups (broad SMARTS) is 1. The number of aryl methyl sites for hydroxylation is 1. The summed E-state index contributed by atoms with van der Waals surface area (Å²) < 4.78 is 12.6. The molecular weight excluding hydrogens is 394 g/mol. The van der Waals surface area contributed by atoms with Crippen LogP contribution in [0.3, 0.4) is 0 Å². The van der Waals surface area contributed by atoms with Crippen LogP contribution in [0.15, 0.2) is 48.2 Å². The van der Waals surface area contributed by atoms with Gasteiger partial charge in [-0.1, -0.05) is 19.1 Å². The Morgan fingerprint density at radius 1 is 1.10 bits per heavy atom. The smallest absolute Gasteiger partial charge is 0.337 e. The molecule has 1 aromatic heterocycles. The molecule has 0 bridgehead atoms. The zero-order chi connectivity index (χ0) is 22.5. The Balaban J connectivity index is 2.07. The minimum absolute atomic E-state index is 0.286. The molecule has 6 nitrogen and oxygen atoms in total. The topological polar surface area (TPSA) is 77.8 Å². The summed E-state index contributed by atoms with van der Waals surface area (Å²) in [6.07, 6.45) is 5.43. The average molecular weight is 421 g/mol. The molecule has 0 aliphatic rings. The minimum Gasteiger partial charge on any atom is -0.496 e. The molecule has 0 spiro atoms. The van der Waals surface area contributed by atoms with Crippen LogP contribution in [0.5, 0.6) is 5.75 Å². The Morgan fingerprint density at radius 2 is 1.87 bits per heavy atom. The molecule has 0 unspecified atom stereocenters. The van der Waals surface area contributed by atoms with Gasteiger partial charge in [0.15, 0.2) is 0 Å². The van der Waals surface area contributed by atoms with Crippen molar-refractivity contribution < 1.29 is 24.2 Å². The van der Waals surface area contributed by atoms with Gasteiger partial charge in [-0.15, -0.1) is 0 Å². The molecule has 3 rings (SSSR count). The van der Waals surface area contributed by atoms with Gasteiger partial charge in [0.1, 0.15) is 5.75 Å². The molecule has 0 amide bonds. The lowest BCUT2D eigenvalue weighted by atomic mass is 10.0. The average Bonchev–Trinajstić information content (AvgIpc) is 3.10. The first-order valence-corrected chi connectivity index (χ1v) is 10.2. The molecule has 0 saturated heterocycles. The second-order valence-electron chi connectivity index (χ2n) is 7.45. The summed E-state index contributed by atoms with van der Waals surface area (Å²) >= 11 is 0. The number of hydrogen-bond donors (Lipinski definition) is 1. The maximum absolute atomic E-state index is 11.8. The van der Waals surface area contributed by atoms with Gasteiger partial charge in [0.05, 0.1) is 19.8 Å². The molecule has 162 valence electrons. The number of nitrogens with zero attached hydrogens (tertiary/aromatic N) is 1. The van der Waals surface area contributed by atoms with E-state index in [-0.39, 0.29) is 5.57 Å². The summed E-state index contributed by atoms with van der Waals surface area (Å²) in [5, 5.41) is 10.3. The Kier molecular flexibility index (Phi) is 6.80. The van der Waals surface area contributed by atoms with E-state index in [0.29, 0.717) is 17.7 Å². The lowest BCUT2D eigenvalue weighted by Gasteiger charge is -2.10. The van der Waals surface area contributed by atoms with Crippen molar-refractivity contribution in [2.45, 2.75) is 33.2 Å². The monoisotopic (exact) mass is 421 g/mol. The van der Waals surface area contributed by atoms with Crippen LogP contribution in [0, 0.1) is 0 Å². The number of aliphatic carboxylic acids is 1. The third-order valence-electron chi connectivity index (χ3n) is 5.26. The maximum atomic E-state index is 11.8. The fourth-order valence-electron chi connectivity index (χ4n) is 3.70. The maximum Gasteiger partial charge on any atom is 0.337 e. The summed E-state index contributed by atoms with van der Waals surface area (Å²) in [5.74, 6) is -0.717. The van der Waals surface area contributed by atoms with E-state index in [1.54, 1.807) is 32.2 Å². The van der Waals surface area contributed by atoms with Crippen LogP contribution in [-0.4, -0.2) is 35.8 Å². The fourth-order valence-corrected chi connectivity index (χ4v) is 3.70. The lowest BCUT2D eigenvalue weighted by molar-refractivity contribution is -0.132. The number of carboxylic acids is 1. The van der Waals surface area contributed by atoms with E-state index >= 15 is 0 Å². The van der Waals surface area contributed by atoms with Gasteiger partial charge in [0.25, 0.3) is 0 Å². The van der Waals surface area contributed by atoms with Gasteiger partial charge in [-0.3, -0.25) is 0 Å². The summed E-state index contributed by atoms with van der Waals surface area (Å²) in [6, 6.07) is 11.3. The first-order valence-electron chi connectivity index (χ1n) is 10.2. The summed E-state index contributed by atoms with van der Waals surface area (Å²) in [7, 11) is 2.93. The number of carbonyl (C=O) groups is 2. The molecule has 6 heteroatoms. The van der Waals surface area contributed by atoms with Crippen molar-refractivity contribution in [2.75, 3.05) is 14.2 Å². The molecule has 0 aliphatic carbocycles. The zero-order valence-electron chi connectivity index (χ0n) is 18.3. The molecule has 0 fully saturated rings. The fraction of sp³-hybridized carbons (Fsp3) is 0.280. The first-order chi connectivity index (χ1) is 14.9. The highest BCUT2D eigenvalue weighted by Gasteiger charge is 2.15. The third-order valence-corrected chi connectivity index (χ3v) is 5.26. The van der Waals surface area contributed by atoms with E-state index in [0.717, 1.165) is 40.6 Å². The normalized spacial score (nSPS) is 11.5. The van der Waals surface area contributed by atoms with Crippen LogP contribution < -0.4 is 4.74 Å². The highest BCUT2D eigenvalue weighted by Crippen LogP contribution is 2.30. The lowest BCUT2D eigenvalue weighted by Crippen LogP contribution is -2.03. The van der Waals surface area contributed by atoms with Gasteiger partial charge in [-0.05, 0) is 60.4 Å². The molecular formula is C25H27NO5.